The molecule has 0 aliphatic heterocycles. The number of aromatic nitrogens is 2. The Morgan fingerprint density at radius 3 is 2.77 bits per heavy atom. The Morgan fingerprint density at radius 2 is 2.38 bits per heavy atom. The normalized spacial score (nSPS) is 12.9. The van der Waals surface area contributed by atoms with Crippen LogP contribution in [0.1, 0.15) is 18.3 Å². The summed E-state index contributed by atoms with van der Waals surface area (Å²) in [6, 6.07) is 1.85. The largest absolute Gasteiger partial charge is 0.386 e. The van der Waals surface area contributed by atoms with E-state index in [-0.39, 0.29) is 12.2 Å². The number of hydrogen-bond donors (Lipinski definition) is 1. The number of aryl methyl sites for hydroxylation is 2. The first-order valence-corrected chi connectivity index (χ1v) is 4.21. The van der Waals surface area contributed by atoms with E-state index in [2.05, 4.69) is 5.10 Å². The van der Waals surface area contributed by atoms with Crippen molar-refractivity contribution in [1.29, 1.82) is 0 Å². The average molecular weight is 182 g/mol. The molecular formula is C9H14N2O2. The van der Waals surface area contributed by atoms with Crippen LogP contribution in [0.15, 0.2) is 6.07 Å². The molecule has 0 saturated carbocycles. The number of nitrogens with zero attached hydrogens (tertiary/aromatic N) is 2. The molecule has 0 aliphatic rings. The van der Waals surface area contributed by atoms with Crippen LogP contribution >= 0.6 is 0 Å². The van der Waals surface area contributed by atoms with Gasteiger partial charge in [0.15, 0.2) is 5.78 Å². The van der Waals surface area contributed by atoms with E-state index in [4.69, 9.17) is 5.11 Å². The molecule has 4 nitrogen and oxygen atoms in total. The van der Waals surface area contributed by atoms with Crippen molar-refractivity contribution in [3.63, 3.8) is 0 Å². The average Bonchev–Trinajstić information content (AvgIpc) is 2.30. The highest BCUT2D eigenvalue weighted by molar-refractivity contribution is 5.84. The van der Waals surface area contributed by atoms with E-state index in [1.54, 1.807) is 11.7 Å². The second-order valence-electron chi connectivity index (χ2n) is 3.22. The number of aliphatic hydroxyl groups excluding tert-OH is 1. The Bertz CT molecular complexity index is 315. The van der Waals surface area contributed by atoms with Crippen molar-refractivity contribution in [3.05, 3.63) is 17.5 Å². The fourth-order valence-corrected chi connectivity index (χ4v) is 1.16. The van der Waals surface area contributed by atoms with Crippen molar-refractivity contribution < 1.29 is 9.90 Å². The minimum Gasteiger partial charge on any atom is -0.386 e. The van der Waals surface area contributed by atoms with E-state index >= 15 is 0 Å². The number of rotatable bonds is 3. The molecule has 0 bridgehead atoms. The first-order valence-electron chi connectivity index (χ1n) is 4.21. The molecule has 1 aromatic heterocycles. The molecule has 1 atom stereocenters. The highest BCUT2D eigenvalue weighted by atomic mass is 16.3. The fraction of sp³-hybridized carbons (Fsp3) is 0.556. The predicted molar refractivity (Wildman–Crippen MR) is 48.3 cm³/mol. The lowest BCUT2D eigenvalue weighted by atomic mass is 10.1. The smallest absolute Gasteiger partial charge is 0.166 e. The van der Waals surface area contributed by atoms with Crippen LogP contribution in [0, 0.1) is 6.92 Å². The van der Waals surface area contributed by atoms with Gasteiger partial charge in [0.25, 0.3) is 0 Å². The minimum absolute atomic E-state index is 0.178. The van der Waals surface area contributed by atoms with Gasteiger partial charge >= 0.3 is 0 Å². The Labute approximate surface area is 77.2 Å². The number of Topliss-reactive ketones (excluding diaryl/α,β-unsaturated/α-hetero) is 1. The summed E-state index contributed by atoms with van der Waals surface area (Å²) in [6.45, 7) is 3.35. The van der Waals surface area contributed by atoms with Crippen LogP contribution in [0.25, 0.3) is 0 Å². The molecule has 0 amide bonds. The van der Waals surface area contributed by atoms with Gasteiger partial charge in [0.05, 0.1) is 12.1 Å². The first kappa shape index (κ1) is 9.92. The molecule has 0 radical (unpaired) electrons. The predicted octanol–water partition coefficient (Wildman–Crippen LogP) is 0.221. The molecule has 13 heavy (non-hydrogen) atoms. The van der Waals surface area contributed by atoms with Gasteiger partial charge in [-0.3, -0.25) is 9.48 Å². The van der Waals surface area contributed by atoms with Crippen LogP contribution in [0.3, 0.4) is 0 Å². The van der Waals surface area contributed by atoms with Crippen molar-refractivity contribution >= 4 is 5.78 Å². The molecule has 0 saturated heterocycles. The summed E-state index contributed by atoms with van der Waals surface area (Å²) in [5, 5.41) is 13.1. The maximum Gasteiger partial charge on any atom is 0.166 e. The Hall–Kier alpha value is -1.16. The summed E-state index contributed by atoms with van der Waals surface area (Å²) in [6.07, 6.45) is -0.648. The molecule has 1 aromatic rings. The lowest BCUT2D eigenvalue weighted by Gasteiger charge is -2.02. The molecule has 1 unspecified atom stereocenters. The fourth-order valence-electron chi connectivity index (χ4n) is 1.16. The van der Waals surface area contributed by atoms with E-state index in [1.165, 1.54) is 6.92 Å². The molecule has 4 heteroatoms. The van der Waals surface area contributed by atoms with Crippen molar-refractivity contribution in [3.8, 4) is 0 Å². The molecule has 0 aliphatic carbocycles. The Kier molecular flexibility index (Phi) is 2.83. The third-order valence-electron chi connectivity index (χ3n) is 1.92. The van der Waals surface area contributed by atoms with E-state index < -0.39 is 6.10 Å². The van der Waals surface area contributed by atoms with Crippen molar-refractivity contribution in [2.45, 2.75) is 26.4 Å². The lowest BCUT2D eigenvalue weighted by molar-refractivity contribution is -0.125. The minimum atomic E-state index is -0.893. The molecule has 1 N–H and O–H groups in total. The summed E-state index contributed by atoms with van der Waals surface area (Å²) in [7, 11) is 1.79. The molecular weight excluding hydrogens is 168 g/mol. The lowest BCUT2D eigenvalue weighted by Crippen LogP contribution is -2.19. The zero-order chi connectivity index (χ0) is 10.0. The van der Waals surface area contributed by atoms with Crippen LogP contribution in [0.4, 0.5) is 0 Å². The van der Waals surface area contributed by atoms with Gasteiger partial charge in [-0.1, -0.05) is 0 Å². The maximum absolute atomic E-state index is 11.2. The van der Waals surface area contributed by atoms with Gasteiger partial charge in [0.2, 0.25) is 0 Å². The second kappa shape index (κ2) is 3.70. The van der Waals surface area contributed by atoms with E-state index in [9.17, 15) is 4.79 Å². The molecule has 0 fully saturated rings. The van der Waals surface area contributed by atoms with Crippen molar-refractivity contribution in [2.75, 3.05) is 0 Å². The first-order chi connectivity index (χ1) is 6.00. The molecule has 72 valence electrons. The van der Waals surface area contributed by atoms with E-state index in [1.807, 2.05) is 13.0 Å². The van der Waals surface area contributed by atoms with Crippen molar-refractivity contribution in [1.82, 2.24) is 9.78 Å². The van der Waals surface area contributed by atoms with Gasteiger partial charge in [-0.25, -0.2) is 0 Å². The number of hydrogen-bond acceptors (Lipinski definition) is 3. The summed E-state index contributed by atoms with van der Waals surface area (Å²) in [4.78, 5) is 11.2. The molecule has 0 spiro atoms. The zero-order valence-electron chi connectivity index (χ0n) is 8.11. The quantitative estimate of drug-likeness (QED) is 0.727. The molecule has 1 rings (SSSR count). The van der Waals surface area contributed by atoms with Gasteiger partial charge in [-0.2, -0.15) is 5.10 Å². The molecule has 1 heterocycles. The van der Waals surface area contributed by atoms with Crippen LogP contribution in [0.5, 0.6) is 0 Å². The number of ketones is 1. The topological polar surface area (TPSA) is 55.1 Å². The van der Waals surface area contributed by atoms with E-state index in [0.717, 1.165) is 11.4 Å². The Balaban J connectivity index is 2.74. The summed E-state index contributed by atoms with van der Waals surface area (Å²) in [5.41, 5.74) is 1.72. The summed E-state index contributed by atoms with van der Waals surface area (Å²) < 4.78 is 1.66. The number of carbonyl (C=O) groups excluding carboxylic acids is 1. The van der Waals surface area contributed by atoms with Gasteiger partial charge in [0, 0.05) is 12.7 Å². The maximum atomic E-state index is 11.2. The third kappa shape index (κ3) is 2.39. The van der Waals surface area contributed by atoms with Gasteiger partial charge < -0.3 is 5.11 Å². The van der Waals surface area contributed by atoms with Gasteiger partial charge in [0.1, 0.15) is 6.10 Å². The standard InChI is InChI=1S/C9H14N2O2/c1-6-4-8(11(3)10-6)5-9(13)7(2)12/h4,7,12H,5H2,1-3H3. The molecule has 0 aromatic carbocycles. The summed E-state index contributed by atoms with van der Waals surface area (Å²) in [5.74, 6) is -0.178. The summed E-state index contributed by atoms with van der Waals surface area (Å²) >= 11 is 0. The second-order valence-corrected chi connectivity index (χ2v) is 3.22. The van der Waals surface area contributed by atoms with Crippen LogP contribution in [-0.2, 0) is 18.3 Å². The number of carbonyl (C=O) groups is 1. The van der Waals surface area contributed by atoms with Gasteiger partial charge in [-0.05, 0) is 19.9 Å². The third-order valence-corrected chi connectivity index (χ3v) is 1.92. The SMILES string of the molecule is Cc1cc(CC(=O)C(C)O)n(C)n1. The van der Waals surface area contributed by atoms with Crippen LogP contribution in [-0.4, -0.2) is 26.8 Å². The number of aliphatic hydroxyl groups is 1. The monoisotopic (exact) mass is 182 g/mol. The zero-order valence-corrected chi connectivity index (χ0v) is 8.11. The Morgan fingerprint density at radius 1 is 1.77 bits per heavy atom. The van der Waals surface area contributed by atoms with Crippen LogP contribution in [0.2, 0.25) is 0 Å². The van der Waals surface area contributed by atoms with Gasteiger partial charge in [-0.15, -0.1) is 0 Å². The van der Waals surface area contributed by atoms with Crippen LogP contribution < -0.4 is 0 Å². The highest BCUT2D eigenvalue weighted by Crippen LogP contribution is 2.04. The van der Waals surface area contributed by atoms with E-state index in [0.29, 0.717) is 0 Å². The highest BCUT2D eigenvalue weighted by Gasteiger charge is 2.12. The van der Waals surface area contributed by atoms with Crippen molar-refractivity contribution in [2.24, 2.45) is 7.05 Å².